The molecule has 1 aromatic carbocycles. The first-order chi connectivity index (χ1) is 9.24. The third kappa shape index (κ3) is 3.38. The number of rotatable bonds is 4. The number of ether oxygens (including phenoxy) is 1. The molecule has 0 bridgehead atoms. The number of carbonyl (C=O) groups excluding carboxylic acids is 1. The van der Waals surface area contributed by atoms with Gasteiger partial charge in [-0.3, -0.25) is 4.79 Å². The minimum absolute atomic E-state index is 0.164. The molecule has 0 spiro atoms. The van der Waals surface area contributed by atoms with Crippen LogP contribution in [0.15, 0.2) is 24.3 Å². The van der Waals surface area contributed by atoms with Gasteiger partial charge in [0.05, 0.1) is 7.11 Å². The van der Waals surface area contributed by atoms with Crippen LogP contribution in [0.3, 0.4) is 0 Å². The maximum absolute atomic E-state index is 11.7. The van der Waals surface area contributed by atoms with Crippen LogP contribution < -0.4 is 15.4 Å². The van der Waals surface area contributed by atoms with Gasteiger partial charge in [-0.25, -0.2) is 0 Å². The van der Waals surface area contributed by atoms with Crippen LogP contribution in [0.1, 0.15) is 6.42 Å². The lowest BCUT2D eigenvalue weighted by atomic mass is 10.2. The van der Waals surface area contributed by atoms with Crippen LogP contribution in [0.4, 0.5) is 5.69 Å². The molecule has 0 saturated carbocycles. The fourth-order valence-corrected chi connectivity index (χ4v) is 2.29. The summed E-state index contributed by atoms with van der Waals surface area (Å²) < 4.78 is 5.15. The molecule has 0 atom stereocenters. The van der Waals surface area contributed by atoms with Gasteiger partial charge in [0.15, 0.2) is 0 Å². The maximum atomic E-state index is 11.7. The van der Waals surface area contributed by atoms with E-state index in [1.54, 1.807) is 7.11 Å². The average molecular weight is 263 g/mol. The lowest BCUT2D eigenvalue weighted by molar-refractivity contribution is -0.131. The molecule has 19 heavy (non-hydrogen) atoms. The Morgan fingerprint density at radius 2 is 1.84 bits per heavy atom. The number of amides is 1. The van der Waals surface area contributed by atoms with Gasteiger partial charge >= 0.3 is 0 Å². The minimum Gasteiger partial charge on any atom is -0.497 e. The molecule has 0 unspecified atom stereocenters. The lowest BCUT2D eigenvalue weighted by Crippen LogP contribution is -2.49. The number of nitrogens with two attached hydrogens (primary N) is 1. The largest absolute Gasteiger partial charge is 0.497 e. The van der Waals surface area contributed by atoms with Crippen molar-refractivity contribution in [3.05, 3.63) is 24.3 Å². The number of hydrogen-bond acceptors (Lipinski definition) is 4. The van der Waals surface area contributed by atoms with E-state index in [1.165, 1.54) is 5.69 Å². The molecule has 1 fully saturated rings. The molecule has 104 valence electrons. The Bertz CT molecular complexity index is 411. The molecule has 0 aromatic heterocycles. The van der Waals surface area contributed by atoms with Crippen molar-refractivity contribution in [3.63, 3.8) is 0 Å². The van der Waals surface area contributed by atoms with Crippen molar-refractivity contribution in [2.75, 3.05) is 44.7 Å². The Kier molecular flexibility index (Phi) is 4.63. The van der Waals surface area contributed by atoms with E-state index >= 15 is 0 Å². The summed E-state index contributed by atoms with van der Waals surface area (Å²) >= 11 is 0. The number of anilines is 1. The van der Waals surface area contributed by atoms with Gasteiger partial charge in [0.25, 0.3) is 0 Å². The van der Waals surface area contributed by atoms with E-state index in [1.807, 2.05) is 17.0 Å². The highest BCUT2D eigenvalue weighted by Gasteiger charge is 2.20. The number of benzene rings is 1. The molecule has 1 amide bonds. The summed E-state index contributed by atoms with van der Waals surface area (Å²) in [5.74, 6) is 1.03. The van der Waals surface area contributed by atoms with Crippen molar-refractivity contribution in [3.8, 4) is 5.75 Å². The van der Waals surface area contributed by atoms with Gasteiger partial charge in [-0.15, -0.1) is 0 Å². The van der Waals surface area contributed by atoms with Crippen LogP contribution in [0, 0.1) is 0 Å². The highest BCUT2D eigenvalue weighted by Crippen LogP contribution is 2.20. The molecule has 1 aromatic rings. The van der Waals surface area contributed by atoms with Crippen molar-refractivity contribution in [2.45, 2.75) is 6.42 Å². The normalized spacial score (nSPS) is 15.5. The molecule has 5 heteroatoms. The smallest absolute Gasteiger partial charge is 0.223 e. The fraction of sp³-hybridized carbons (Fsp3) is 0.500. The summed E-state index contributed by atoms with van der Waals surface area (Å²) in [6, 6.07) is 8.02. The molecular weight excluding hydrogens is 242 g/mol. The van der Waals surface area contributed by atoms with Crippen LogP contribution in [0.25, 0.3) is 0 Å². The van der Waals surface area contributed by atoms with Gasteiger partial charge < -0.3 is 20.3 Å². The molecular formula is C14H21N3O2. The maximum Gasteiger partial charge on any atom is 0.223 e. The fourth-order valence-electron chi connectivity index (χ4n) is 2.29. The van der Waals surface area contributed by atoms with Crippen LogP contribution in [-0.4, -0.2) is 50.6 Å². The summed E-state index contributed by atoms with van der Waals surface area (Å²) in [6.07, 6.45) is 0.447. The third-order valence-corrected chi connectivity index (χ3v) is 3.43. The zero-order valence-electron chi connectivity index (χ0n) is 11.3. The van der Waals surface area contributed by atoms with Gasteiger partial charge in [-0.2, -0.15) is 0 Å². The van der Waals surface area contributed by atoms with Gasteiger partial charge in [0.1, 0.15) is 5.75 Å². The van der Waals surface area contributed by atoms with Crippen LogP contribution >= 0.6 is 0 Å². The molecule has 2 rings (SSSR count). The molecule has 0 radical (unpaired) electrons. The first kappa shape index (κ1) is 13.7. The number of nitrogens with zero attached hydrogens (tertiary/aromatic N) is 2. The van der Waals surface area contributed by atoms with E-state index in [4.69, 9.17) is 10.5 Å². The van der Waals surface area contributed by atoms with Gasteiger partial charge in [0.2, 0.25) is 5.91 Å². The second kappa shape index (κ2) is 6.43. The van der Waals surface area contributed by atoms with Crippen molar-refractivity contribution in [1.82, 2.24) is 4.90 Å². The predicted octanol–water partition coefficient (Wildman–Crippen LogP) is 0.693. The van der Waals surface area contributed by atoms with E-state index < -0.39 is 0 Å². The van der Waals surface area contributed by atoms with Crippen LogP contribution in [0.5, 0.6) is 5.75 Å². The van der Waals surface area contributed by atoms with Crippen molar-refractivity contribution < 1.29 is 9.53 Å². The monoisotopic (exact) mass is 263 g/mol. The molecule has 2 N–H and O–H groups in total. The molecule has 1 aliphatic rings. The summed E-state index contributed by atoms with van der Waals surface area (Å²) in [7, 11) is 1.66. The van der Waals surface area contributed by atoms with Gasteiger partial charge in [0, 0.05) is 44.8 Å². The molecule has 0 aliphatic carbocycles. The van der Waals surface area contributed by atoms with E-state index in [0.29, 0.717) is 13.0 Å². The molecule has 1 aliphatic heterocycles. The summed E-state index contributed by atoms with van der Waals surface area (Å²) in [5, 5.41) is 0. The average Bonchev–Trinajstić information content (AvgIpc) is 2.48. The van der Waals surface area contributed by atoms with E-state index in [2.05, 4.69) is 17.0 Å². The summed E-state index contributed by atoms with van der Waals surface area (Å²) in [5.41, 5.74) is 6.58. The summed E-state index contributed by atoms with van der Waals surface area (Å²) in [6.45, 7) is 3.69. The number of piperazine rings is 1. The minimum atomic E-state index is 0.164. The lowest BCUT2D eigenvalue weighted by Gasteiger charge is -2.36. The zero-order valence-corrected chi connectivity index (χ0v) is 11.3. The van der Waals surface area contributed by atoms with E-state index in [9.17, 15) is 4.79 Å². The molecule has 1 heterocycles. The Labute approximate surface area is 113 Å². The van der Waals surface area contributed by atoms with Crippen molar-refractivity contribution in [2.24, 2.45) is 5.73 Å². The van der Waals surface area contributed by atoms with Gasteiger partial charge in [-0.05, 0) is 24.3 Å². The number of hydrogen-bond donors (Lipinski definition) is 1. The number of carbonyl (C=O) groups is 1. The highest BCUT2D eigenvalue weighted by molar-refractivity contribution is 5.76. The Hall–Kier alpha value is -1.75. The Morgan fingerprint density at radius 3 is 2.37 bits per heavy atom. The quantitative estimate of drug-likeness (QED) is 0.868. The first-order valence-electron chi connectivity index (χ1n) is 6.61. The SMILES string of the molecule is COc1ccc(N2CCN(C(=O)CCN)CC2)cc1. The molecule has 1 saturated heterocycles. The Morgan fingerprint density at radius 1 is 1.21 bits per heavy atom. The number of methoxy groups -OCH3 is 1. The van der Waals surface area contributed by atoms with E-state index in [-0.39, 0.29) is 5.91 Å². The second-order valence-corrected chi connectivity index (χ2v) is 4.60. The van der Waals surface area contributed by atoms with Crippen molar-refractivity contribution >= 4 is 11.6 Å². The van der Waals surface area contributed by atoms with Crippen LogP contribution in [-0.2, 0) is 4.79 Å². The van der Waals surface area contributed by atoms with Gasteiger partial charge in [-0.1, -0.05) is 0 Å². The second-order valence-electron chi connectivity index (χ2n) is 4.60. The van der Waals surface area contributed by atoms with E-state index in [0.717, 1.165) is 31.9 Å². The van der Waals surface area contributed by atoms with Crippen molar-refractivity contribution in [1.29, 1.82) is 0 Å². The third-order valence-electron chi connectivity index (χ3n) is 3.43. The standard InChI is InChI=1S/C14H21N3O2/c1-19-13-4-2-12(3-5-13)16-8-10-17(11-9-16)14(18)6-7-15/h2-5H,6-11,15H2,1H3. The zero-order chi connectivity index (χ0) is 13.7. The topological polar surface area (TPSA) is 58.8 Å². The Balaban J connectivity index is 1.90. The van der Waals surface area contributed by atoms with Crippen LogP contribution in [0.2, 0.25) is 0 Å². The predicted molar refractivity (Wildman–Crippen MR) is 75.5 cm³/mol. The molecule has 5 nitrogen and oxygen atoms in total. The highest BCUT2D eigenvalue weighted by atomic mass is 16.5. The first-order valence-corrected chi connectivity index (χ1v) is 6.61. The summed E-state index contributed by atoms with van der Waals surface area (Å²) in [4.78, 5) is 15.9.